The molecule has 0 spiro atoms. The zero-order chi connectivity index (χ0) is 29.3. The Bertz CT molecular complexity index is 1730. The summed E-state index contributed by atoms with van der Waals surface area (Å²) < 4.78 is 70.4. The number of aromatic nitrogens is 3. The summed E-state index contributed by atoms with van der Waals surface area (Å²) in [6.07, 6.45) is 1.51. The minimum Gasteiger partial charge on any atom is -0.490 e. The summed E-state index contributed by atoms with van der Waals surface area (Å²) in [5.74, 6) is -2.10. The van der Waals surface area contributed by atoms with Gasteiger partial charge in [-0.25, -0.2) is 37.3 Å². The second-order valence-corrected chi connectivity index (χ2v) is 10.9. The lowest BCUT2D eigenvalue weighted by molar-refractivity contribution is 0.0323. The van der Waals surface area contributed by atoms with Crippen molar-refractivity contribution in [2.75, 3.05) is 52.3 Å². The van der Waals surface area contributed by atoms with E-state index in [-0.39, 0.29) is 23.0 Å². The van der Waals surface area contributed by atoms with Crippen LogP contribution in [0.5, 0.6) is 11.6 Å². The number of hydrogen-bond donors (Lipinski definition) is 2. The third-order valence-electron chi connectivity index (χ3n) is 6.74. The molecule has 1 aliphatic rings. The van der Waals surface area contributed by atoms with Crippen LogP contribution in [0.4, 0.5) is 14.7 Å². The molecule has 4 N–H and O–H groups in total. The Morgan fingerprint density at radius 1 is 1.07 bits per heavy atom. The first kappa shape index (κ1) is 28.5. The highest BCUT2D eigenvalue weighted by molar-refractivity contribution is 7.89. The highest BCUT2D eigenvalue weighted by Crippen LogP contribution is 2.38. The Balaban J connectivity index is 1.60. The van der Waals surface area contributed by atoms with E-state index in [1.54, 1.807) is 19.1 Å². The van der Waals surface area contributed by atoms with Gasteiger partial charge in [-0.05, 0) is 42.8 Å². The molecule has 0 atom stereocenters. The number of halogens is 2. The number of morpholine rings is 1. The lowest BCUT2D eigenvalue weighted by Gasteiger charge is -2.26. The molecule has 1 fully saturated rings. The van der Waals surface area contributed by atoms with Crippen LogP contribution in [0.1, 0.15) is 5.69 Å². The predicted molar refractivity (Wildman–Crippen MR) is 148 cm³/mol. The van der Waals surface area contributed by atoms with Crippen molar-refractivity contribution in [2.24, 2.45) is 5.14 Å². The van der Waals surface area contributed by atoms with Gasteiger partial charge in [-0.3, -0.25) is 4.90 Å². The number of hydrogen-bond acceptors (Lipinski definition) is 10. The normalized spacial score (nSPS) is 14.4. The van der Waals surface area contributed by atoms with Gasteiger partial charge >= 0.3 is 0 Å². The standard InChI is InChI=1S/C27H28F2N6O5S/c1-15-19-11-16(13-22(24(19)34-27(30)33-15)40-10-7-35-5-8-39-9-6-35)17-12-20(26(38-2)32-14-17)18-3-4-21(28)25(23(18)29)41(31,36)37/h3-4,11-14H,5-10H2,1-2H3,(H2,30,33,34)(H2,31,36,37). The first-order valence-corrected chi connectivity index (χ1v) is 14.2. The fourth-order valence-electron chi connectivity index (χ4n) is 4.72. The van der Waals surface area contributed by atoms with Gasteiger partial charge in [0.15, 0.2) is 10.7 Å². The number of primary sulfonamides is 1. The van der Waals surface area contributed by atoms with Gasteiger partial charge in [0.1, 0.15) is 23.7 Å². The number of ether oxygens (including phenoxy) is 3. The molecule has 0 unspecified atom stereocenters. The number of aryl methyl sites for hydroxylation is 1. The number of fused-ring (bicyclic) bond motifs is 1. The van der Waals surface area contributed by atoms with Crippen molar-refractivity contribution in [3.05, 3.63) is 53.9 Å². The van der Waals surface area contributed by atoms with Crippen LogP contribution in [0.15, 0.2) is 41.4 Å². The fraction of sp³-hybridized carbons (Fsp3) is 0.296. The topological polar surface area (TPSA) is 156 Å². The van der Waals surface area contributed by atoms with Crippen LogP contribution in [-0.2, 0) is 14.8 Å². The minimum atomic E-state index is -4.69. The number of anilines is 1. The molecular weight excluding hydrogens is 558 g/mol. The minimum absolute atomic E-state index is 0.00492. The van der Waals surface area contributed by atoms with Crippen molar-refractivity contribution < 1.29 is 31.4 Å². The second kappa shape index (κ2) is 11.5. The maximum absolute atomic E-state index is 15.4. The first-order valence-electron chi connectivity index (χ1n) is 12.6. The summed E-state index contributed by atoms with van der Waals surface area (Å²) in [4.78, 5) is 14.0. The molecule has 41 heavy (non-hydrogen) atoms. The van der Waals surface area contributed by atoms with E-state index in [2.05, 4.69) is 19.9 Å². The molecule has 2 aromatic heterocycles. The van der Waals surface area contributed by atoms with Gasteiger partial charge in [0.25, 0.3) is 0 Å². The molecule has 14 heteroatoms. The molecular formula is C27H28F2N6O5S. The molecule has 0 aliphatic carbocycles. The van der Waals surface area contributed by atoms with Gasteiger partial charge in [0.2, 0.25) is 21.9 Å². The molecule has 3 heterocycles. The molecule has 0 radical (unpaired) electrons. The van der Waals surface area contributed by atoms with Gasteiger partial charge in [-0.2, -0.15) is 0 Å². The number of sulfonamides is 1. The van der Waals surface area contributed by atoms with Crippen molar-refractivity contribution in [1.29, 1.82) is 0 Å². The number of nitrogens with two attached hydrogens (primary N) is 2. The third-order valence-corrected chi connectivity index (χ3v) is 7.69. The predicted octanol–water partition coefficient (Wildman–Crippen LogP) is 2.89. The summed E-state index contributed by atoms with van der Waals surface area (Å²) in [6, 6.07) is 7.07. The highest BCUT2D eigenvalue weighted by Gasteiger charge is 2.26. The second-order valence-electron chi connectivity index (χ2n) is 9.40. The zero-order valence-electron chi connectivity index (χ0n) is 22.4. The van der Waals surface area contributed by atoms with Gasteiger partial charge in [-0.1, -0.05) is 0 Å². The number of nitrogens with zero attached hydrogens (tertiary/aromatic N) is 4. The van der Waals surface area contributed by atoms with Gasteiger partial charge in [-0.15, -0.1) is 0 Å². The summed E-state index contributed by atoms with van der Waals surface area (Å²) in [7, 11) is -3.37. The number of methoxy groups -OCH3 is 1. The van der Waals surface area contributed by atoms with Crippen LogP contribution >= 0.6 is 0 Å². The molecule has 11 nitrogen and oxygen atoms in total. The zero-order valence-corrected chi connectivity index (χ0v) is 23.2. The Morgan fingerprint density at radius 3 is 2.54 bits per heavy atom. The van der Waals surface area contributed by atoms with Gasteiger partial charge < -0.3 is 19.9 Å². The molecule has 4 aromatic rings. The van der Waals surface area contributed by atoms with Crippen LogP contribution in [0, 0.1) is 18.6 Å². The van der Waals surface area contributed by atoms with Crippen molar-refractivity contribution in [3.63, 3.8) is 0 Å². The first-order chi connectivity index (χ1) is 19.6. The van der Waals surface area contributed by atoms with E-state index >= 15 is 4.39 Å². The Hall–Kier alpha value is -3.98. The van der Waals surface area contributed by atoms with E-state index in [1.165, 1.54) is 13.3 Å². The van der Waals surface area contributed by atoms with E-state index in [9.17, 15) is 12.8 Å². The SMILES string of the molecule is COc1ncc(-c2cc(OCCN3CCOCC3)c3nc(N)nc(C)c3c2)cc1-c1ccc(F)c(S(N)(=O)=O)c1F. The van der Waals surface area contributed by atoms with E-state index in [4.69, 9.17) is 25.1 Å². The summed E-state index contributed by atoms with van der Waals surface area (Å²) in [5, 5.41) is 5.76. The van der Waals surface area contributed by atoms with Crippen molar-refractivity contribution >= 4 is 26.9 Å². The molecule has 1 aliphatic heterocycles. The third kappa shape index (κ3) is 5.91. The average Bonchev–Trinajstić information content (AvgIpc) is 2.93. The van der Waals surface area contributed by atoms with Crippen LogP contribution in [-0.4, -0.2) is 74.8 Å². The molecule has 216 valence electrons. The molecule has 5 rings (SSSR count). The van der Waals surface area contributed by atoms with Crippen molar-refractivity contribution in [2.45, 2.75) is 11.8 Å². The van der Waals surface area contributed by atoms with Crippen molar-refractivity contribution in [3.8, 4) is 33.9 Å². The summed E-state index contributed by atoms with van der Waals surface area (Å²) >= 11 is 0. The van der Waals surface area contributed by atoms with E-state index in [1.807, 2.05) is 6.07 Å². The molecule has 1 saturated heterocycles. The lowest BCUT2D eigenvalue weighted by Crippen LogP contribution is -2.38. The molecule has 0 bridgehead atoms. The van der Waals surface area contributed by atoms with Crippen LogP contribution in [0.2, 0.25) is 0 Å². The Morgan fingerprint density at radius 2 is 1.83 bits per heavy atom. The van der Waals surface area contributed by atoms with E-state index in [0.29, 0.717) is 59.8 Å². The Kier molecular flexibility index (Phi) is 8.00. The summed E-state index contributed by atoms with van der Waals surface area (Å²) in [6.45, 7) is 5.81. The van der Waals surface area contributed by atoms with E-state index in [0.717, 1.165) is 25.2 Å². The fourth-order valence-corrected chi connectivity index (χ4v) is 5.42. The monoisotopic (exact) mass is 586 g/mol. The lowest BCUT2D eigenvalue weighted by atomic mass is 9.99. The van der Waals surface area contributed by atoms with Gasteiger partial charge in [0, 0.05) is 47.9 Å². The summed E-state index contributed by atoms with van der Waals surface area (Å²) in [5.41, 5.74) is 8.06. The number of rotatable bonds is 8. The van der Waals surface area contributed by atoms with Gasteiger partial charge in [0.05, 0.1) is 26.0 Å². The quantitative estimate of drug-likeness (QED) is 0.315. The van der Waals surface area contributed by atoms with Crippen LogP contribution < -0.4 is 20.3 Å². The maximum Gasteiger partial charge on any atom is 0.243 e. The molecule has 0 amide bonds. The van der Waals surface area contributed by atoms with Crippen LogP contribution in [0.25, 0.3) is 33.2 Å². The largest absolute Gasteiger partial charge is 0.490 e. The Labute approximate surface area is 235 Å². The number of benzene rings is 2. The smallest absolute Gasteiger partial charge is 0.243 e. The number of pyridine rings is 1. The number of nitrogen functional groups attached to an aromatic ring is 1. The highest BCUT2D eigenvalue weighted by atomic mass is 32.2. The molecule has 2 aromatic carbocycles. The molecule has 0 saturated carbocycles. The van der Waals surface area contributed by atoms with E-state index < -0.39 is 26.6 Å². The maximum atomic E-state index is 15.4. The average molecular weight is 587 g/mol. The van der Waals surface area contributed by atoms with Crippen LogP contribution in [0.3, 0.4) is 0 Å². The van der Waals surface area contributed by atoms with Crippen molar-refractivity contribution in [1.82, 2.24) is 19.9 Å².